The monoisotopic (exact) mass is 525 g/mol. The number of hydrogen-bond donors (Lipinski definition) is 3. The maximum Gasteiger partial charge on any atom is 1.00 e. The molecule has 2 amide bonds. The Balaban J connectivity index is 0.00000456. The van der Waals surface area contributed by atoms with Gasteiger partial charge in [-0.05, 0) is 41.9 Å². The van der Waals surface area contributed by atoms with E-state index in [1.807, 2.05) is 26.0 Å². The fourth-order valence-corrected chi connectivity index (χ4v) is 5.19. The Hall–Kier alpha value is -1.79. The molecule has 0 saturated carbocycles. The topological polar surface area (TPSA) is 153 Å². The second-order valence-electron chi connectivity index (χ2n) is 9.38. The average Bonchev–Trinajstić information content (AvgIpc) is 2.81. The molecular formula is C25H32N3NaO6S. The Morgan fingerprint density at radius 2 is 1.69 bits per heavy atom. The summed E-state index contributed by atoms with van der Waals surface area (Å²) in [4.78, 5) is 24.1. The molecule has 0 aromatic heterocycles. The molecule has 4 N–H and O–H groups in total. The van der Waals surface area contributed by atoms with Crippen molar-refractivity contribution in [3.05, 3.63) is 71.3 Å². The molecule has 1 heterocycles. The van der Waals surface area contributed by atoms with E-state index < -0.39 is 38.9 Å². The van der Waals surface area contributed by atoms with Gasteiger partial charge in [-0.25, -0.2) is 8.42 Å². The maximum atomic E-state index is 13.6. The molecule has 190 valence electrons. The third-order valence-electron chi connectivity index (χ3n) is 6.24. The van der Waals surface area contributed by atoms with E-state index in [9.17, 15) is 27.7 Å². The number of amides is 2. The van der Waals surface area contributed by atoms with Gasteiger partial charge in [0, 0.05) is 13.1 Å². The first-order valence-electron chi connectivity index (χ1n) is 11.6. The van der Waals surface area contributed by atoms with Crippen molar-refractivity contribution in [2.75, 3.05) is 6.54 Å². The van der Waals surface area contributed by atoms with Crippen molar-refractivity contribution in [2.24, 2.45) is 11.7 Å². The number of carbonyl (C=O) groups excluding carboxylic acids is 2. The number of carbonyl (C=O) groups is 2. The molecule has 36 heavy (non-hydrogen) atoms. The van der Waals surface area contributed by atoms with Crippen LogP contribution in [0.2, 0.25) is 0 Å². The number of benzene rings is 2. The van der Waals surface area contributed by atoms with Gasteiger partial charge in [0.25, 0.3) is 10.8 Å². The molecule has 2 aromatic carbocycles. The molecule has 1 aliphatic rings. The molecule has 0 radical (unpaired) electrons. The fourth-order valence-electron chi connectivity index (χ4n) is 4.36. The van der Waals surface area contributed by atoms with Gasteiger partial charge in [-0.3, -0.25) is 9.59 Å². The molecule has 9 nitrogen and oxygen atoms in total. The number of rotatable bonds is 9. The van der Waals surface area contributed by atoms with Gasteiger partial charge in [-0.2, -0.15) is 0 Å². The predicted molar refractivity (Wildman–Crippen MR) is 130 cm³/mol. The molecule has 3 rings (SSSR count). The van der Waals surface area contributed by atoms with Crippen molar-refractivity contribution in [1.29, 1.82) is 0 Å². The van der Waals surface area contributed by atoms with Gasteiger partial charge >= 0.3 is 29.6 Å². The van der Waals surface area contributed by atoms with E-state index >= 15 is 0 Å². The molecule has 1 aliphatic heterocycles. The minimum atomic E-state index is -5.65. The summed E-state index contributed by atoms with van der Waals surface area (Å²) in [6.45, 7) is 3.88. The van der Waals surface area contributed by atoms with Crippen molar-refractivity contribution in [3.8, 4) is 0 Å². The molecule has 3 atom stereocenters. The smallest absolute Gasteiger partial charge is 0.745 e. The second kappa shape index (κ2) is 12.6. The van der Waals surface area contributed by atoms with Crippen LogP contribution >= 0.6 is 0 Å². The van der Waals surface area contributed by atoms with E-state index in [0.29, 0.717) is 18.4 Å². The third kappa shape index (κ3) is 6.95. The van der Waals surface area contributed by atoms with Crippen molar-refractivity contribution in [2.45, 2.75) is 56.7 Å². The Bertz CT molecular complexity index is 1160. The van der Waals surface area contributed by atoms with Crippen LogP contribution in [-0.4, -0.2) is 58.4 Å². The summed E-state index contributed by atoms with van der Waals surface area (Å²) in [6, 6.07) is 13.0. The zero-order valence-electron chi connectivity index (χ0n) is 20.9. The summed E-state index contributed by atoms with van der Waals surface area (Å²) in [5, 5.41) is 13.8. The first kappa shape index (κ1) is 30.4. The molecule has 11 heteroatoms. The zero-order chi connectivity index (χ0) is 25.8. The number of hydrogen-bond acceptors (Lipinski definition) is 7. The van der Waals surface area contributed by atoms with E-state index in [0.717, 1.165) is 16.0 Å². The number of nitrogens with one attached hydrogen (secondary N) is 1. The summed E-state index contributed by atoms with van der Waals surface area (Å²) in [6.07, 6.45) is 0.463. The van der Waals surface area contributed by atoms with Gasteiger partial charge in [-0.1, -0.05) is 68.4 Å². The van der Waals surface area contributed by atoms with Crippen molar-refractivity contribution in [1.82, 2.24) is 10.2 Å². The zero-order valence-corrected chi connectivity index (χ0v) is 23.7. The van der Waals surface area contributed by atoms with E-state index in [1.165, 1.54) is 0 Å². The first-order valence-corrected chi connectivity index (χ1v) is 13.0. The average molecular weight is 526 g/mol. The van der Waals surface area contributed by atoms with Crippen LogP contribution in [0.3, 0.4) is 0 Å². The number of aliphatic hydroxyl groups is 1. The largest absolute Gasteiger partial charge is 1.00 e. The quantitative estimate of drug-likeness (QED) is 0.251. The van der Waals surface area contributed by atoms with Crippen LogP contribution in [0.25, 0.3) is 0 Å². The van der Waals surface area contributed by atoms with Crippen LogP contribution in [0, 0.1) is 5.92 Å². The normalized spacial score (nSPS) is 16.8. The van der Waals surface area contributed by atoms with Crippen LogP contribution in [-0.2, 0) is 39.1 Å². The summed E-state index contributed by atoms with van der Waals surface area (Å²) >= 11 is 0. The number of nitrogens with two attached hydrogens (primary N) is 1. The molecule has 0 aliphatic carbocycles. The minimum Gasteiger partial charge on any atom is -0.745 e. The van der Waals surface area contributed by atoms with Crippen LogP contribution in [0.5, 0.6) is 0 Å². The summed E-state index contributed by atoms with van der Waals surface area (Å²) in [7, 11) is -5.65. The minimum absolute atomic E-state index is 0. The van der Waals surface area contributed by atoms with Crippen molar-refractivity contribution in [3.63, 3.8) is 0 Å². The molecule has 2 aromatic rings. The summed E-state index contributed by atoms with van der Waals surface area (Å²) < 4.78 is 37.5. The second-order valence-corrected chi connectivity index (χ2v) is 10.9. The van der Waals surface area contributed by atoms with E-state index in [-0.39, 0.29) is 55.0 Å². The van der Waals surface area contributed by atoms with Crippen molar-refractivity contribution < 1.29 is 57.2 Å². The van der Waals surface area contributed by atoms with Gasteiger partial charge in [0.05, 0.1) is 12.1 Å². The van der Waals surface area contributed by atoms with Crippen LogP contribution in [0.4, 0.5) is 0 Å². The Morgan fingerprint density at radius 1 is 1.11 bits per heavy atom. The molecule has 0 fully saturated rings. The third-order valence-corrected chi connectivity index (χ3v) is 7.46. The molecule has 2 unspecified atom stereocenters. The Labute approximate surface area is 234 Å². The van der Waals surface area contributed by atoms with Crippen molar-refractivity contribution >= 4 is 21.9 Å². The maximum absolute atomic E-state index is 13.6. The van der Waals surface area contributed by atoms with E-state index in [2.05, 4.69) is 5.32 Å². The fraction of sp³-hybridized carbons (Fsp3) is 0.440. The summed E-state index contributed by atoms with van der Waals surface area (Å²) in [5.41, 5.74) is 8.28. The van der Waals surface area contributed by atoms with E-state index in [4.69, 9.17) is 5.73 Å². The summed E-state index contributed by atoms with van der Waals surface area (Å²) in [5.74, 6) is -1.94. The Kier molecular flexibility index (Phi) is 10.7. The molecule has 0 saturated heterocycles. The van der Waals surface area contributed by atoms with Crippen LogP contribution in [0.1, 0.15) is 37.0 Å². The number of fused-ring (bicyclic) bond motifs is 1. The van der Waals surface area contributed by atoms with Gasteiger partial charge in [0.15, 0.2) is 0 Å². The van der Waals surface area contributed by atoms with Crippen LogP contribution < -0.4 is 40.6 Å². The van der Waals surface area contributed by atoms with E-state index in [1.54, 1.807) is 42.5 Å². The predicted octanol–water partition coefficient (Wildman–Crippen LogP) is -2.09. The molecule has 0 bridgehead atoms. The molecule has 0 spiro atoms. The van der Waals surface area contributed by atoms with Crippen LogP contribution in [0.15, 0.2) is 54.6 Å². The van der Waals surface area contributed by atoms with Gasteiger partial charge in [0.2, 0.25) is 5.91 Å². The molecular weight excluding hydrogens is 493 g/mol. The number of nitrogens with zero attached hydrogens (tertiary/aromatic N) is 1. The SMILES string of the molecule is CC(C)C[C@H](N)C(=O)NC(Cc1ccccc1)C(O)(C(=O)N1CCc2ccccc2C1)S(=O)(=O)[O-].[Na+]. The standard InChI is InChI=1S/C25H33N3O6S.Na/c1-17(2)14-21(26)23(29)27-22(15-18-8-4-3-5-9-18)25(31,35(32,33)34)24(30)28-13-12-19-10-6-7-11-20(19)16-28;/h3-11,17,21-22,31H,12-16,26H2,1-2H3,(H,27,29)(H,32,33,34);/q;+1/p-1/t21-,22?,25?;/m0./s1. The first-order chi connectivity index (χ1) is 16.4. The van der Waals surface area contributed by atoms with Gasteiger partial charge in [-0.15, -0.1) is 0 Å². The van der Waals surface area contributed by atoms with Gasteiger partial charge in [0.1, 0.15) is 10.1 Å². The Morgan fingerprint density at radius 3 is 2.28 bits per heavy atom. The van der Waals surface area contributed by atoms with Gasteiger partial charge < -0.3 is 25.6 Å².